The van der Waals surface area contributed by atoms with Gasteiger partial charge in [0.2, 0.25) is 15.9 Å². The van der Waals surface area contributed by atoms with Gasteiger partial charge in [0.15, 0.2) is 0 Å². The molecule has 0 spiro atoms. The van der Waals surface area contributed by atoms with Crippen molar-refractivity contribution in [3.63, 3.8) is 0 Å². The number of likely N-dealkylation sites (tertiary alicyclic amines) is 1. The van der Waals surface area contributed by atoms with Crippen LogP contribution in [0.1, 0.15) is 33.6 Å². The molecule has 1 aromatic rings. The number of benzene rings is 1. The number of hydrogen-bond donors (Lipinski definition) is 1. The Bertz CT molecular complexity index is 663. The molecule has 1 heterocycles. The lowest BCUT2D eigenvalue weighted by Crippen LogP contribution is -2.43. The molecule has 0 radical (unpaired) electrons. The molecule has 1 aliphatic heterocycles. The highest BCUT2D eigenvalue weighted by molar-refractivity contribution is 7.89. The van der Waals surface area contributed by atoms with E-state index in [4.69, 9.17) is 4.74 Å². The van der Waals surface area contributed by atoms with Gasteiger partial charge in [0, 0.05) is 26.1 Å². The first-order chi connectivity index (χ1) is 11.8. The van der Waals surface area contributed by atoms with Crippen LogP contribution in [0, 0.1) is 11.8 Å². The molecule has 1 N–H and O–H groups in total. The van der Waals surface area contributed by atoms with Crippen LogP contribution in [-0.4, -0.2) is 45.5 Å². The molecule has 0 bridgehead atoms. The molecule has 2 atom stereocenters. The van der Waals surface area contributed by atoms with E-state index in [2.05, 4.69) is 18.6 Å². The van der Waals surface area contributed by atoms with Gasteiger partial charge < -0.3 is 9.64 Å². The number of nitrogens with one attached hydrogen (secondary N) is 1. The van der Waals surface area contributed by atoms with E-state index in [9.17, 15) is 13.2 Å². The quantitative estimate of drug-likeness (QED) is 0.801. The van der Waals surface area contributed by atoms with Crippen molar-refractivity contribution < 1.29 is 17.9 Å². The van der Waals surface area contributed by atoms with Gasteiger partial charge >= 0.3 is 0 Å². The van der Waals surface area contributed by atoms with Crippen LogP contribution in [-0.2, 0) is 14.8 Å². The normalized spacial score (nSPS) is 21.2. The summed E-state index contributed by atoms with van der Waals surface area (Å²) >= 11 is 0. The van der Waals surface area contributed by atoms with Gasteiger partial charge in [-0.15, -0.1) is 0 Å². The minimum atomic E-state index is -3.62. The number of rotatable bonds is 7. The number of nitrogens with zero attached hydrogens (tertiary/aromatic N) is 1. The molecule has 1 aromatic carbocycles. The van der Waals surface area contributed by atoms with Crippen LogP contribution in [0.3, 0.4) is 0 Å². The van der Waals surface area contributed by atoms with E-state index >= 15 is 0 Å². The average molecular weight is 368 g/mol. The van der Waals surface area contributed by atoms with Crippen LogP contribution >= 0.6 is 0 Å². The predicted octanol–water partition coefficient (Wildman–Crippen LogP) is 2.26. The Morgan fingerprint density at radius 1 is 1.20 bits per heavy atom. The minimum absolute atomic E-state index is 0.00722. The van der Waals surface area contributed by atoms with Crippen LogP contribution in [0.2, 0.25) is 0 Å². The predicted molar refractivity (Wildman–Crippen MR) is 96.9 cm³/mol. The molecule has 6 nitrogen and oxygen atoms in total. The molecule has 140 valence electrons. The fourth-order valence-corrected chi connectivity index (χ4v) is 4.31. The van der Waals surface area contributed by atoms with Crippen molar-refractivity contribution in [3.05, 3.63) is 24.3 Å². The summed E-state index contributed by atoms with van der Waals surface area (Å²) in [6.07, 6.45) is 1.31. The van der Waals surface area contributed by atoms with Crippen LogP contribution in [0.5, 0.6) is 5.75 Å². The van der Waals surface area contributed by atoms with Crippen molar-refractivity contribution in [3.8, 4) is 5.75 Å². The maximum atomic E-state index is 12.3. The van der Waals surface area contributed by atoms with Gasteiger partial charge in [-0.25, -0.2) is 13.1 Å². The van der Waals surface area contributed by atoms with Crippen LogP contribution in [0.4, 0.5) is 0 Å². The number of amides is 1. The van der Waals surface area contributed by atoms with Crippen molar-refractivity contribution >= 4 is 15.9 Å². The number of hydrogen-bond acceptors (Lipinski definition) is 4. The van der Waals surface area contributed by atoms with E-state index in [0.29, 0.717) is 24.2 Å². The maximum Gasteiger partial charge on any atom is 0.240 e. The first-order valence-corrected chi connectivity index (χ1v) is 10.3. The smallest absolute Gasteiger partial charge is 0.240 e. The second-order valence-corrected chi connectivity index (χ2v) is 8.56. The molecule has 2 rings (SSSR count). The lowest BCUT2D eigenvalue weighted by molar-refractivity contribution is -0.133. The summed E-state index contributed by atoms with van der Waals surface area (Å²) in [6.45, 7) is 8.31. The lowest BCUT2D eigenvalue weighted by Gasteiger charge is -2.35. The fraction of sp³-hybridized carbons (Fsp3) is 0.611. The minimum Gasteiger partial charge on any atom is -0.494 e. The Morgan fingerprint density at radius 3 is 2.36 bits per heavy atom. The first kappa shape index (κ1) is 19.7. The zero-order valence-electron chi connectivity index (χ0n) is 15.2. The monoisotopic (exact) mass is 368 g/mol. The Kier molecular flexibility index (Phi) is 6.84. The van der Waals surface area contributed by atoms with Crippen LogP contribution in [0.15, 0.2) is 29.2 Å². The fourth-order valence-electron chi connectivity index (χ4n) is 3.28. The zero-order valence-corrected chi connectivity index (χ0v) is 16.0. The maximum absolute atomic E-state index is 12.3. The SMILES string of the molecule is CCOc1ccc(S(=O)(=O)NCCC(=O)N2C[C@@H](C)C[C@H](C)C2)cc1. The number of sulfonamides is 1. The highest BCUT2D eigenvalue weighted by Gasteiger charge is 2.25. The van der Waals surface area contributed by atoms with Crippen molar-refractivity contribution in [2.24, 2.45) is 11.8 Å². The molecule has 1 saturated heterocycles. The Hall–Kier alpha value is -1.60. The number of carbonyl (C=O) groups is 1. The second kappa shape index (κ2) is 8.67. The summed E-state index contributed by atoms with van der Waals surface area (Å²) in [5.74, 6) is 1.62. The summed E-state index contributed by atoms with van der Waals surface area (Å²) in [6, 6.07) is 6.26. The summed E-state index contributed by atoms with van der Waals surface area (Å²) in [5.41, 5.74) is 0. The van der Waals surface area contributed by atoms with E-state index in [1.165, 1.54) is 12.1 Å². The van der Waals surface area contributed by atoms with E-state index < -0.39 is 10.0 Å². The van der Waals surface area contributed by atoms with Gasteiger partial charge in [-0.2, -0.15) is 0 Å². The average Bonchev–Trinajstić information content (AvgIpc) is 2.54. The third-order valence-corrected chi connectivity index (χ3v) is 5.77. The molecule has 0 saturated carbocycles. The number of piperidine rings is 1. The summed E-state index contributed by atoms with van der Waals surface area (Å²) in [4.78, 5) is 14.3. The van der Waals surface area contributed by atoms with Gasteiger partial charge in [0.05, 0.1) is 11.5 Å². The molecule has 0 aromatic heterocycles. The van der Waals surface area contributed by atoms with Crippen molar-refractivity contribution in [1.29, 1.82) is 0 Å². The number of ether oxygens (including phenoxy) is 1. The van der Waals surface area contributed by atoms with Gasteiger partial charge in [-0.3, -0.25) is 4.79 Å². The molecule has 25 heavy (non-hydrogen) atoms. The Morgan fingerprint density at radius 2 is 1.80 bits per heavy atom. The molecular formula is C18H28N2O4S. The summed E-state index contributed by atoms with van der Waals surface area (Å²) in [5, 5.41) is 0. The van der Waals surface area contributed by atoms with E-state index in [-0.39, 0.29) is 23.8 Å². The van der Waals surface area contributed by atoms with Gasteiger partial charge in [-0.1, -0.05) is 13.8 Å². The molecule has 0 aliphatic carbocycles. The van der Waals surface area contributed by atoms with Crippen molar-refractivity contribution in [2.45, 2.75) is 38.5 Å². The topological polar surface area (TPSA) is 75.7 Å². The molecular weight excluding hydrogens is 340 g/mol. The van der Waals surface area contributed by atoms with E-state index in [0.717, 1.165) is 19.5 Å². The van der Waals surface area contributed by atoms with Gasteiger partial charge in [0.25, 0.3) is 0 Å². The van der Waals surface area contributed by atoms with Gasteiger partial charge in [0.1, 0.15) is 5.75 Å². The van der Waals surface area contributed by atoms with Crippen LogP contribution < -0.4 is 9.46 Å². The Labute approximate surface area is 150 Å². The third kappa shape index (κ3) is 5.71. The van der Waals surface area contributed by atoms with Crippen LogP contribution in [0.25, 0.3) is 0 Å². The molecule has 1 fully saturated rings. The molecule has 1 amide bonds. The summed E-state index contributed by atoms with van der Waals surface area (Å²) in [7, 11) is -3.62. The highest BCUT2D eigenvalue weighted by atomic mass is 32.2. The Balaban J connectivity index is 1.86. The standard InChI is InChI=1S/C18H28N2O4S/c1-4-24-16-5-7-17(8-6-16)25(22,23)19-10-9-18(21)20-12-14(2)11-15(3)13-20/h5-8,14-15,19H,4,9-13H2,1-3H3/t14-,15-/m0/s1. The first-order valence-electron chi connectivity index (χ1n) is 8.82. The number of carbonyl (C=O) groups excluding carboxylic acids is 1. The third-order valence-electron chi connectivity index (χ3n) is 4.30. The molecule has 1 aliphatic rings. The molecule has 0 unspecified atom stereocenters. The molecule has 7 heteroatoms. The summed E-state index contributed by atoms with van der Waals surface area (Å²) < 4.78 is 32.4. The van der Waals surface area contributed by atoms with Gasteiger partial charge in [-0.05, 0) is 49.4 Å². The van der Waals surface area contributed by atoms with Crippen molar-refractivity contribution in [1.82, 2.24) is 9.62 Å². The van der Waals surface area contributed by atoms with E-state index in [1.807, 2.05) is 11.8 Å². The van der Waals surface area contributed by atoms with E-state index in [1.54, 1.807) is 12.1 Å². The largest absolute Gasteiger partial charge is 0.494 e. The zero-order chi connectivity index (χ0) is 18.4. The van der Waals surface area contributed by atoms with Crippen molar-refractivity contribution in [2.75, 3.05) is 26.2 Å². The second-order valence-electron chi connectivity index (χ2n) is 6.80. The highest BCUT2D eigenvalue weighted by Crippen LogP contribution is 2.21. The lowest BCUT2D eigenvalue weighted by atomic mass is 9.92.